The minimum atomic E-state index is -0.0409. The second kappa shape index (κ2) is 6.70. The van der Waals surface area contributed by atoms with E-state index in [1.807, 2.05) is 35.7 Å². The number of hydrogen-bond acceptors (Lipinski definition) is 4. The fraction of sp³-hybridized carbons (Fsp3) is 0.312. The molecular formula is C16H17N3O2S. The third-order valence-corrected chi connectivity index (χ3v) is 4.43. The van der Waals surface area contributed by atoms with Gasteiger partial charge in [0.25, 0.3) is 0 Å². The molecule has 1 aromatic carbocycles. The Hall–Kier alpha value is -2.21. The van der Waals surface area contributed by atoms with Crippen molar-refractivity contribution in [3.63, 3.8) is 0 Å². The van der Waals surface area contributed by atoms with Crippen LogP contribution in [0.2, 0.25) is 0 Å². The highest BCUT2D eigenvalue weighted by Crippen LogP contribution is 2.21. The quantitative estimate of drug-likeness (QED) is 0.851. The molecule has 1 fully saturated rings. The molecule has 6 heteroatoms. The lowest BCUT2D eigenvalue weighted by molar-refractivity contribution is -0.128. The molecule has 0 bridgehead atoms. The summed E-state index contributed by atoms with van der Waals surface area (Å²) in [7, 11) is 0. The fourth-order valence-corrected chi connectivity index (χ4v) is 3.14. The molecule has 1 aliphatic rings. The van der Waals surface area contributed by atoms with Crippen LogP contribution in [0.4, 0.5) is 5.13 Å². The summed E-state index contributed by atoms with van der Waals surface area (Å²) in [6.45, 7) is 0.997. The number of nitrogens with zero attached hydrogens (tertiary/aromatic N) is 3. The third kappa shape index (κ3) is 3.33. The van der Waals surface area contributed by atoms with Gasteiger partial charge in [0.2, 0.25) is 11.8 Å². The lowest BCUT2D eigenvalue weighted by Crippen LogP contribution is -2.43. The lowest BCUT2D eigenvalue weighted by atomic mass is 10.1. The number of hydrogen-bond donors (Lipinski definition) is 0. The smallest absolute Gasteiger partial charge is 0.234 e. The van der Waals surface area contributed by atoms with Crippen LogP contribution < -0.4 is 4.90 Å². The number of anilines is 1. The predicted octanol–water partition coefficient (Wildman–Crippen LogP) is 2.30. The number of benzene rings is 1. The van der Waals surface area contributed by atoms with Crippen LogP contribution >= 0.6 is 11.3 Å². The van der Waals surface area contributed by atoms with Gasteiger partial charge in [-0.1, -0.05) is 30.3 Å². The maximum Gasteiger partial charge on any atom is 0.234 e. The molecule has 0 saturated carbocycles. The largest absolute Gasteiger partial charge is 0.324 e. The minimum Gasteiger partial charge on any atom is -0.324 e. The first-order valence-electron chi connectivity index (χ1n) is 7.25. The SMILES string of the molecule is O=C1CCCN1CN(C(=O)Cc1ccccc1)c1nccs1. The second-order valence-electron chi connectivity index (χ2n) is 5.20. The number of likely N-dealkylation sites (tertiary alicyclic amines) is 1. The maximum absolute atomic E-state index is 12.7. The Kier molecular flexibility index (Phi) is 4.48. The van der Waals surface area contributed by atoms with Gasteiger partial charge in [0, 0.05) is 24.5 Å². The van der Waals surface area contributed by atoms with Gasteiger partial charge in [-0.25, -0.2) is 4.98 Å². The standard InChI is InChI=1S/C16H17N3O2S/c20-14-7-4-9-18(14)12-19(16-17-8-10-22-16)15(21)11-13-5-2-1-3-6-13/h1-3,5-6,8,10H,4,7,9,11-12H2. The van der Waals surface area contributed by atoms with Crippen LogP contribution in [0.3, 0.4) is 0 Å². The summed E-state index contributed by atoms with van der Waals surface area (Å²) in [6.07, 6.45) is 3.41. The van der Waals surface area contributed by atoms with E-state index in [0.717, 1.165) is 12.0 Å². The fourth-order valence-electron chi connectivity index (χ4n) is 2.49. The van der Waals surface area contributed by atoms with E-state index in [4.69, 9.17) is 0 Å². The van der Waals surface area contributed by atoms with Gasteiger partial charge in [-0.15, -0.1) is 11.3 Å². The summed E-state index contributed by atoms with van der Waals surface area (Å²) < 4.78 is 0. The Morgan fingerprint density at radius 3 is 2.77 bits per heavy atom. The number of carbonyl (C=O) groups excluding carboxylic acids is 2. The van der Waals surface area contributed by atoms with E-state index in [9.17, 15) is 9.59 Å². The van der Waals surface area contributed by atoms with Crippen molar-refractivity contribution in [1.29, 1.82) is 0 Å². The van der Waals surface area contributed by atoms with Gasteiger partial charge in [-0.05, 0) is 12.0 Å². The van der Waals surface area contributed by atoms with Gasteiger partial charge >= 0.3 is 0 Å². The summed E-state index contributed by atoms with van der Waals surface area (Å²) in [5, 5.41) is 2.48. The molecule has 0 aliphatic carbocycles. The Labute approximate surface area is 133 Å². The second-order valence-corrected chi connectivity index (χ2v) is 6.07. The van der Waals surface area contributed by atoms with Crippen LogP contribution in [0.5, 0.6) is 0 Å². The van der Waals surface area contributed by atoms with Gasteiger partial charge < -0.3 is 4.90 Å². The van der Waals surface area contributed by atoms with Crippen LogP contribution in [0.15, 0.2) is 41.9 Å². The first kappa shape index (κ1) is 14.7. The van der Waals surface area contributed by atoms with Crippen LogP contribution in [0.1, 0.15) is 18.4 Å². The monoisotopic (exact) mass is 315 g/mol. The molecule has 2 amide bonds. The number of thiazole rings is 1. The number of aromatic nitrogens is 1. The first-order chi connectivity index (χ1) is 10.7. The van der Waals surface area contributed by atoms with E-state index in [1.165, 1.54) is 11.3 Å². The third-order valence-electron chi connectivity index (χ3n) is 3.63. The Morgan fingerprint density at radius 2 is 2.14 bits per heavy atom. The highest BCUT2D eigenvalue weighted by molar-refractivity contribution is 7.13. The van der Waals surface area contributed by atoms with E-state index < -0.39 is 0 Å². The van der Waals surface area contributed by atoms with E-state index >= 15 is 0 Å². The van der Waals surface area contributed by atoms with Crippen molar-refractivity contribution >= 4 is 28.3 Å². The van der Waals surface area contributed by atoms with Gasteiger partial charge in [0.1, 0.15) is 6.67 Å². The van der Waals surface area contributed by atoms with Crippen LogP contribution in [-0.4, -0.2) is 34.9 Å². The molecule has 0 N–H and O–H groups in total. The van der Waals surface area contributed by atoms with Crippen molar-refractivity contribution in [2.45, 2.75) is 19.3 Å². The molecular weight excluding hydrogens is 298 g/mol. The zero-order valence-corrected chi connectivity index (χ0v) is 13.0. The maximum atomic E-state index is 12.7. The molecule has 5 nitrogen and oxygen atoms in total. The molecule has 2 aromatic rings. The van der Waals surface area contributed by atoms with Gasteiger partial charge in [0.05, 0.1) is 6.42 Å². The Balaban J connectivity index is 1.76. The van der Waals surface area contributed by atoms with Crippen molar-refractivity contribution in [2.75, 3.05) is 18.1 Å². The average molecular weight is 315 g/mol. The average Bonchev–Trinajstić information content (AvgIpc) is 3.17. The molecule has 114 valence electrons. The Bertz CT molecular complexity index is 643. The number of rotatable bonds is 5. The zero-order valence-electron chi connectivity index (χ0n) is 12.1. The molecule has 0 atom stereocenters. The molecule has 1 aromatic heterocycles. The van der Waals surface area contributed by atoms with Gasteiger partial charge in [0.15, 0.2) is 5.13 Å². The summed E-state index contributed by atoms with van der Waals surface area (Å²) >= 11 is 1.41. The van der Waals surface area contributed by atoms with E-state index in [-0.39, 0.29) is 18.5 Å². The lowest BCUT2D eigenvalue weighted by Gasteiger charge is -2.26. The Morgan fingerprint density at radius 1 is 1.32 bits per heavy atom. The summed E-state index contributed by atoms with van der Waals surface area (Å²) in [4.78, 5) is 32.1. The predicted molar refractivity (Wildman–Crippen MR) is 85.6 cm³/mol. The number of amides is 2. The molecule has 1 aliphatic heterocycles. The highest BCUT2D eigenvalue weighted by atomic mass is 32.1. The number of carbonyl (C=O) groups is 2. The molecule has 0 unspecified atom stereocenters. The molecule has 2 heterocycles. The van der Waals surface area contributed by atoms with Crippen LogP contribution in [0, 0.1) is 0 Å². The van der Waals surface area contributed by atoms with Crippen molar-refractivity contribution in [2.24, 2.45) is 0 Å². The van der Waals surface area contributed by atoms with Gasteiger partial charge in [-0.2, -0.15) is 0 Å². The van der Waals surface area contributed by atoms with E-state index in [1.54, 1.807) is 16.0 Å². The van der Waals surface area contributed by atoms with Crippen LogP contribution in [0.25, 0.3) is 0 Å². The van der Waals surface area contributed by atoms with Crippen molar-refractivity contribution in [1.82, 2.24) is 9.88 Å². The molecule has 0 spiro atoms. The van der Waals surface area contributed by atoms with Gasteiger partial charge in [-0.3, -0.25) is 14.5 Å². The first-order valence-corrected chi connectivity index (χ1v) is 8.13. The molecule has 3 rings (SSSR count). The van der Waals surface area contributed by atoms with Crippen molar-refractivity contribution in [3.8, 4) is 0 Å². The van der Waals surface area contributed by atoms with E-state index in [2.05, 4.69) is 4.98 Å². The summed E-state index contributed by atoms with van der Waals surface area (Å²) in [6, 6.07) is 9.62. The minimum absolute atomic E-state index is 0.0409. The zero-order chi connectivity index (χ0) is 15.4. The molecule has 1 saturated heterocycles. The summed E-state index contributed by atoms with van der Waals surface area (Å²) in [5.74, 6) is 0.0647. The normalized spacial score (nSPS) is 14.4. The molecule has 0 radical (unpaired) electrons. The topological polar surface area (TPSA) is 53.5 Å². The summed E-state index contributed by atoms with van der Waals surface area (Å²) in [5.41, 5.74) is 0.960. The molecule has 22 heavy (non-hydrogen) atoms. The highest BCUT2D eigenvalue weighted by Gasteiger charge is 2.26. The van der Waals surface area contributed by atoms with Crippen molar-refractivity contribution < 1.29 is 9.59 Å². The van der Waals surface area contributed by atoms with Crippen LogP contribution in [-0.2, 0) is 16.0 Å². The van der Waals surface area contributed by atoms with Crippen molar-refractivity contribution in [3.05, 3.63) is 47.5 Å². The van der Waals surface area contributed by atoms with E-state index in [0.29, 0.717) is 24.5 Å².